The van der Waals surface area contributed by atoms with Gasteiger partial charge in [-0.25, -0.2) is 4.98 Å². The number of halogens is 1. The van der Waals surface area contributed by atoms with Crippen molar-refractivity contribution in [2.24, 2.45) is 0 Å². The lowest BCUT2D eigenvalue weighted by molar-refractivity contribution is 0.400. The molecule has 0 aliphatic carbocycles. The van der Waals surface area contributed by atoms with Crippen LogP contribution >= 0.6 is 0 Å². The summed E-state index contributed by atoms with van der Waals surface area (Å²) in [6.45, 7) is 1.02. The predicted octanol–water partition coefficient (Wildman–Crippen LogP) is 2.04. The summed E-state index contributed by atoms with van der Waals surface area (Å²) in [6.07, 6.45) is 3.48. The van der Waals surface area contributed by atoms with Crippen LogP contribution in [-0.2, 0) is 0 Å². The molecule has 1 fully saturated rings. The lowest BCUT2D eigenvalue weighted by Crippen LogP contribution is -2.27. The highest BCUT2D eigenvalue weighted by molar-refractivity contribution is 5.10. The zero-order valence-corrected chi connectivity index (χ0v) is 7.46. The summed E-state index contributed by atoms with van der Waals surface area (Å²) in [5.41, 5.74) is 0.833. The first-order valence-corrected chi connectivity index (χ1v) is 4.72. The van der Waals surface area contributed by atoms with Crippen molar-refractivity contribution >= 4 is 0 Å². The van der Waals surface area contributed by atoms with Gasteiger partial charge in [-0.15, -0.1) is 0 Å². The molecule has 1 aliphatic heterocycles. The number of pyridine rings is 1. The molecular formula is C10H13FN2. The Hall–Kier alpha value is -0.960. The van der Waals surface area contributed by atoms with Gasteiger partial charge >= 0.3 is 0 Å². The Labute approximate surface area is 77.2 Å². The van der Waals surface area contributed by atoms with Crippen LogP contribution in [0.4, 0.5) is 4.39 Å². The molecule has 2 rings (SSSR count). The van der Waals surface area contributed by atoms with Crippen LogP contribution in [0.25, 0.3) is 0 Å². The second kappa shape index (κ2) is 3.83. The summed E-state index contributed by atoms with van der Waals surface area (Å²) in [6, 6.07) is 5.23. The predicted molar refractivity (Wildman–Crippen MR) is 48.8 cm³/mol. The number of hydrogen-bond acceptors (Lipinski definition) is 2. The molecule has 0 bridgehead atoms. The monoisotopic (exact) mass is 180 g/mol. The van der Waals surface area contributed by atoms with Crippen molar-refractivity contribution in [2.45, 2.75) is 25.3 Å². The molecular weight excluding hydrogens is 167 g/mol. The van der Waals surface area contributed by atoms with E-state index in [4.69, 9.17) is 0 Å². The van der Waals surface area contributed by atoms with Crippen molar-refractivity contribution in [3.05, 3.63) is 29.8 Å². The van der Waals surface area contributed by atoms with E-state index in [1.54, 1.807) is 6.07 Å². The van der Waals surface area contributed by atoms with Gasteiger partial charge in [0.05, 0.1) is 5.69 Å². The molecule has 0 amide bonds. The summed E-state index contributed by atoms with van der Waals surface area (Å²) in [4.78, 5) is 3.87. The third-order valence-corrected chi connectivity index (χ3v) is 2.40. The molecule has 1 aromatic heterocycles. The summed E-state index contributed by atoms with van der Waals surface area (Å²) < 4.78 is 12.8. The molecule has 1 aromatic rings. The number of rotatable bonds is 1. The van der Waals surface area contributed by atoms with Crippen molar-refractivity contribution < 1.29 is 4.39 Å². The van der Waals surface area contributed by atoms with Crippen molar-refractivity contribution in [3.63, 3.8) is 0 Å². The van der Waals surface area contributed by atoms with E-state index in [0.29, 0.717) is 0 Å². The van der Waals surface area contributed by atoms with E-state index in [2.05, 4.69) is 10.3 Å². The Balaban J connectivity index is 2.14. The molecule has 1 saturated heterocycles. The first-order valence-electron chi connectivity index (χ1n) is 4.72. The Kier molecular flexibility index (Phi) is 2.54. The van der Waals surface area contributed by atoms with Gasteiger partial charge in [-0.1, -0.05) is 12.5 Å². The quantitative estimate of drug-likeness (QED) is 0.669. The highest BCUT2D eigenvalue weighted by Gasteiger charge is 2.15. The molecule has 3 heteroatoms. The second-order valence-corrected chi connectivity index (χ2v) is 3.39. The molecule has 0 aromatic carbocycles. The van der Waals surface area contributed by atoms with E-state index in [1.165, 1.54) is 18.9 Å². The SMILES string of the molecule is Fc1cccc([C@H]2CCCCN2)n1. The van der Waals surface area contributed by atoms with Crippen LogP contribution in [0, 0.1) is 5.95 Å². The normalized spacial score (nSPS) is 23.0. The number of hydrogen-bond donors (Lipinski definition) is 1. The fourth-order valence-corrected chi connectivity index (χ4v) is 1.72. The van der Waals surface area contributed by atoms with Crippen LogP contribution in [0.5, 0.6) is 0 Å². The maximum absolute atomic E-state index is 12.8. The van der Waals surface area contributed by atoms with Crippen LogP contribution in [-0.4, -0.2) is 11.5 Å². The lowest BCUT2D eigenvalue weighted by atomic mass is 10.0. The van der Waals surface area contributed by atoms with Crippen LogP contribution in [0.2, 0.25) is 0 Å². The molecule has 0 saturated carbocycles. The van der Waals surface area contributed by atoms with Gasteiger partial charge < -0.3 is 5.32 Å². The highest BCUT2D eigenvalue weighted by atomic mass is 19.1. The summed E-state index contributed by atoms with van der Waals surface area (Å²) >= 11 is 0. The maximum Gasteiger partial charge on any atom is 0.213 e. The zero-order chi connectivity index (χ0) is 9.10. The van der Waals surface area contributed by atoms with Gasteiger partial charge in [0.2, 0.25) is 5.95 Å². The molecule has 13 heavy (non-hydrogen) atoms. The fourth-order valence-electron chi connectivity index (χ4n) is 1.72. The molecule has 2 nitrogen and oxygen atoms in total. The van der Waals surface area contributed by atoms with E-state index in [9.17, 15) is 4.39 Å². The molecule has 0 spiro atoms. The summed E-state index contributed by atoms with van der Waals surface area (Å²) in [5, 5.41) is 3.33. The minimum atomic E-state index is -0.384. The first-order chi connectivity index (χ1) is 6.36. The third kappa shape index (κ3) is 2.04. The van der Waals surface area contributed by atoms with Crippen LogP contribution in [0.15, 0.2) is 18.2 Å². The minimum Gasteiger partial charge on any atom is -0.309 e. The first kappa shape index (κ1) is 8.63. The molecule has 2 heterocycles. The Bertz CT molecular complexity index is 282. The topological polar surface area (TPSA) is 24.9 Å². The average molecular weight is 180 g/mol. The largest absolute Gasteiger partial charge is 0.309 e. The van der Waals surface area contributed by atoms with E-state index in [1.807, 2.05) is 6.07 Å². The van der Waals surface area contributed by atoms with Gasteiger partial charge in [0.25, 0.3) is 0 Å². The highest BCUT2D eigenvalue weighted by Crippen LogP contribution is 2.20. The smallest absolute Gasteiger partial charge is 0.213 e. The number of nitrogens with zero attached hydrogens (tertiary/aromatic N) is 1. The van der Waals surface area contributed by atoms with Crippen molar-refractivity contribution in [1.82, 2.24) is 10.3 Å². The van der Waals surface area contributed by atoms with Gasteiger partial charge in [-0.3, -0.25) is 0 Å². The maximum atomic E-state index is 12.8. The Morgan fingerprint density at radius 3 is 3.00 bits per heavy atom. The molecule has 0 radical (unpaired) electrons. The molecule has 1 aliphatic rings. The van der Waals surface area contributed by atoms with Crippen LogP contribution in [0.1, 0.15) is 31.0 Å². The average Bonchev–Trinajstić information content (AvgIpc) is 2.19. The standard InChI is InChI=1S/C10H13FN2/c11-10-6-3-5-9(13-10)8-4-1-2-7-12-8/h3,5-6,8,12H,1-2,4,7H2/t8-/m1/s1. The number of piperidine rings is 1. The summed E-state index contributed by atoms with van der Waals surface area (Å²) in [5.74, 6) is -0.384. The van der Waals surface area contributed by atoms with Crippen molar-refractivity contribution in [2.75, 3.05) is 6.54 Å². The minimum absolute atomic E-state index is 0.254. The van der Waals surface area contributed by atoms with Gasteiger partial charge in [-0.2, -0.15) is 4.39 Å². The van der Waals surface area contributed by atoms with Gasteiger partial charge in [-0.05, 0) is 31.5 Å². The lowest BCUT2D eigenvalue weighted by Gasteiger charge is -2.22. The molecule has 70 valence electrons. The van der Waals surface area contributed by atoms with E-state index in [0.717, 1.165) is 18.7 Å². The number of nitrogens with one attached hydrogen (secondary N) is 1. The van der Waals surface area contributed by atoms with E-state index < -0.39 is 0 Å². The van der Waals surface area contributed by atoms with E-state index in [-0.39, 0.29) is 12.0 Å². The van der Waals surface area contributed by atoms with Gasteiger partial charge in [0, 0.05) is 6.04 Å². The molecule has 0 unspecified atom stereocenters. The third-order valence-electron chi connectivity index (χ3n) is 2.40. The Morgan fingerprint density at radius 2 is 2.31 bits per heavy atom. The van der Waals surface area contributed by atoms with Crippen LogP contribution in [0.3, 0.4) is 0 Å². The molecule has 1 N–H and O–H groups in total. The van der Waals surface area contributed by atoms with Crippen molar-refractivity contribution in [3.8, 4) is 0 Å². The van der Waals surface area contributed by atoms with E-state index >= 15 is 0 Å². The number of aromatic nitrogens is 1. The summed E-state index contributed by atoms with van der Waals surface area (Å²) in [7, 11) is 0. The molecule has 1 atom stereocenters. The zero-order valence-electron chi connectivity index (χ0n) is 7.46. The second-order valence-electron chi connectivity index (χ2n) is 3.39. The Morgan fingerprint density at radius 1 is 1.38 bits per heavy atom. The van der Waals surface area contributed by atoms with Gasteiger partial charge in [0.1, 0.15) is 0 Å². The van der Waals surface area contributed by atoms with Gasteiger partial charge in [0.15, 0.2) is 0 Å². The van der Waals surface area contributed by atoms with Crippen molar-refractivity contribution in [1.29, 1.82) is 0 Å². The van der Waals surface area contributed by atoms with Crippen LogP contribution < -0.4 is 5.32 Å². The fraction of sp³-hybridized carbons (Fsp3) is 0.500.